The quantitative estimate of drug-likeness (QED) is 0.820. The topological polar surface area (TPSA) is 37.3 Å². The van der Waals surface area contributed by atoms with Gasteiger partial charge in [0.1, 0.15) is 0 Å². The van der Waals surface area contributed by atoms with E-state index in [4.69, 9.17) is 5.11 Å². The number of carbonyl (C=O) groups is 1. The summed E-state index contributed by atoms with van der Waals surface area (Å²) < 4.78 is 0. The summed E-state index contributed by atoms with van der Waals surface area (Å²) in [5.41, 5.74) is 1.25. The summed E-state index contributed by atoms with van der Waals surface area (Å²) in [6.45, 7) is 1.88. The maximum Gasteiger partial charge on any atom is 0.310 e. The number of benzene rings is 1. The molecular weight excluding hydrogens is 220 g/mol. The molecule has 1 aromatic carbocycles. The van der Waals surface area contributed by atoms with Gasteiger partial charge in [0.05, 0.1) is 5.92 Å². The molecule has 0 heterocycles. The molecule has 0 spiro atoms. The molecule has 1 rings (SSSR count). The van der Waals surface area contributed by atoms with Gasteiger partial charge in [0.25, 0.3) is 0 Å². The molecule has 1 aromatic rings. The zero-order valence-electron chi connectivity index (χ0n) is 9.30. The standard InChI is InChI=1S/C13H16O2S/c1-2-12(13(14)15)8-9-16-10-11-6-4-3-5-7-11/h3-9,12H,2,10H2,1H3,(H,14,15)/b9-8-. The van der Waals surface area contributed by atoms with Crippen LogP contribution in [0.2, 0.25) is 0 Å². The minimum atomic E-state index is -0.751. The van der Waals surface area contributed by atoms with Gasteiger partial charge in [0.2, 0.25) is 0 Å². The highest BCUT2D eigenvalue weighted by molar-refractivity contribution is 8.01. The normalized spacial score (nSPS) is 12.8. The van der Waals surface area contributed by atoms with Crippen molar-refractivity contribution in [2.75, 3.05) is 0 Å². The Kier molecular flexibility index (Phi) is 5.72. The molecule has 0 saturated carbocycles. The van der Waals surface area contributed by atoms with Crippen molar-refractivity contribution < 1.29 is 9.90 Å². The summed E-state index contributed by atoms with van der Waals surface area (Å²) in [4.78, 5) is 10.7. The van der Waals surface area contributed by atoms with Crippen LogP contribution < -0.4 is 0 Å². The molecule has 0 bridgehead atoms. The average molecular weight is 236 g/mol. The Balaban J connectivity index is 2.35. The maximum absolute atomic E-state index is 10.7. The van der Waals surface area contributed by atoms with Gasteiger partial charge in [-0.2, -0.15) is 0 Å². The molecule has 1 atom stereocenters. The molecule has 0 radical (unpaired) electrons. The van der Waals surface area contributed by atoms with Crippen molar-refractivity contribution >= 4 is 17.7 Å². The van der Waals surface area contributed by atoms with Crippen LogP contribution in [-0.2, 0) is 10.5 Å². The summed E-state index contributed by atoms with van der Waals surface area (Å²) in [5, 5.41) is 10.7. The number of carboxylic acids is 1. The van der Waals surface area contributed by atoms with Gasteiger partial charge in [-0.1, -0.05) is 43.3 Å². The van der Waals surface area contributed by atoms with Crippen LogP contribution in [0.25, 0.3) is 0 Å². The molecular formula is C13H16O2S. The third kappa shape index (κ3) is 4.53. The molecule has 86 valence electrons. The first-order chi connectivity index (χ1) is 7.74. The smallest absolute Gasteiger partial charge is 0.310 e. The van der Waals surface area contributed by atoms with E-state index in [1.807, 2.05) is 30.5 Å². The molecule has 3 heteroatoms. The molecule has 1 N–H and O–H groups in total. The van der Waals surface area contributed by atoms with E-state index < -0.39 is 5.97 Å². The number of thioether (sulfide) groups is 1. The van der Waals surface area contributed by atoms with Gasteiger partial charge in [0.15, 0.2) is 0 Å². The van der Waals surface area contributed by atoms with Crippen molar-refractivity contribution in [3.05, 3.63) is 47.4 Å². The molecule has 2 nitrogen and oxygen atoms in total. The lowest BCUT2D eigenvalue weighted by Gasteiger charge is -2.02. The Morgan fingerprint density at radius 1 is 1.44 bits per heavy atom. The zero-order valence-corrected chi connectivity index (χ0v) is 10.1. The van der Waals surface area contributed by atoms with Gasteiger partial charge in [-0.3, -0.25) is 4.79 Å². The lowest BCUT2D eigenvalue weighted by atomic mass is 10.1. The van der Waals surface area contributed by atoms with Crippen molar-refractivity contribution in [2.45, 2.75) is 19.1 Å². The fourth-order valence-electron chi connectivity index (χ4n) is 1.26. The van der Waals surface area contributed by atoms with Crippen LogP contribution >= 0.6 is 11.8 Å². The van der Waals surface area contributed by atoms with Crippen LogP contribution in [-0.4, -0.2) is 11.1 Å². The van der Waals surface area contributed by atoms with Crippen LogP contribution in [0.4, 0.5) is 0 Å². The van der Waals surface area contributed by atoms with Crippen molar-refractivity contribution in [2.24, 2.45) is 5.92 Å². The highest BCUT2D eigenvalue weighted by Gasteiger charge is 2.09. The summed E-state index contributed by atoms with van der Waals surface area (Å²) in [6.07, 6.45) is 2.40. The maximum atomic E-state index is 10.7. The molecule has 0 fully saturated rings. The van der Waals surface area contributed by atoms with E-state index in [1.54, 1.807) is 17.8 Å². The van der Waals surface area contributed by atoms with Crippen molar-refractivity contribution in [1.82, 2.24) is 0 Å². The molecule has 0 aliphatic carbocycles. The number of carboxylic acid groups (broad SMARTS) is 1. The second-order valence-corrected chi connectivity index (χ2v) is 4.37. The van der Waals surface area contributed by atoms with E-state index in [9.17, 15) is 4.79 Å². The van der Waals surface area contributed by atoms with Crippen LogP contribution in [0.1, 0.15) is 18.9 Å². The van der Waals surface area contributed by atoms with Gasteiger partial charge in [0, 0.05) is 5.75 Å². The van der Waals surface area contributed by atoms with Crippen molar-refractivity contribution in [1.29, 1.82) is 0 Å². The lowest BCUT2D eigenvalue weighted by Crippen LogP contribution is -2.08. The van der Waals surface area contributed by atoms with Crippen LogP contribution in [0.5, 0.6) is 0 Å². The Labute approximate surface area is 100 Å². The van der Waals surface area contributed by atoms with E-state index in [2.05, 4.69) is 12.1 Å². The zero-order chi connectivity index (χ0) is 11.8. The molecule has 16 heavy (non-hydrogen) atoms. The Bertz CT molecular complexity index is 346. The van der Waals surface area contributed by atoms with Gasteiger partial charge >= 0.3 is 5.97 Å². The predicted octanol–water partition coefficient (Wildman–Crippen LogP) is 3.54. The average Bonchev–Trinajstić information content (AvgIpc) is 2.30. The van der Waals surface area contributed by atoms with Crippen molar-refractivity contribution in [3.63, 3.8) is 0 Å². The number of aliphatic carboxylic acids is 1. The van der Waals surface area contributed by atoms with Gasteiger partial charge in [-0.25, -0.2) is 0 Å². The first-order valence-electron chi connectivity index (χ1n) is 5.29. The van der Waals surface area contributed by atoms with E-state index in [-0.39, 0.29) is 5.92 Å². The lowest BCUT2D eigenvalue weighted by molar-refractivity contribution is -0.140. The molecule has 1 unspecified atom stereocenters. The second-order valence-electron chi connectivity index (χ2n) is 3.48. The third-order valence-electron chi connectivity index (χ3n) is 2.26. The fraction of sp³-hybridized carbons (Fsp3) is 0.308. The Hall–Kier alpha value is -1.22. The van der Waals surface area contributed by atoms with Gasteiger partial charge < -0.3 is 5.11 Å². The third-order valence-corrected chi connectivity index (χ3v) is 3.11. The molecule has 0 saturated heterocycles. The van der Waals surface area contributed by atoms with E-state index in [0.29, 0.717) is 6.42 Å². The largest absolute Gasteiger partial charge is 0.481 e. The van der Waals surface area contributed by atoms with Crippen molar-refractivity contribution in [3.8, 4) is 0 Å². The molecule has 0 aliphatic heterocycles. The number of hydrogen-bond donors (Lipinski definition) is 1. The summed E-state index contributed by atoms with van der Waals surface area (Å²) in [5.74, 6) is -0.227. The second kappa shape index (κ2) is 7.12. The Morgan fingerprint density at radius 2 is 2.12 bits per heavy atom. The highest BCUT2D eigenvalue weighted by Crippen LogP contribution is 2.15. The van der Waals surface area contributed by atoms with Gasteiger partial charge in [-0.15, -0.1) is 11.8 Å². The summed E-state index contributed by atoms with van der Waals surface area (Å²) in [7, 11) is 0. The number of rotatable bonds is 6. The fourth-order valence-corrected chi connectivity index (χ4v) is 2.04. The van der Waals surface area contributed by atoms with Crippen LogP contribution in [0.3, 0.4) is 0 Å². The Morgan fingerprint density at radius 3 is 2.69 bits per heavy atom. The minimum Gasteiger partial charge on any atom is -0.481 e. The highest BCUT2D eigenvalue weighted by atomic mass is 32.2. The summed E-state index contributed by atoms with van der Waals surface area (Å²) in [6, 6.07) is 10.1. The first-order valence-corrected chi connectivity index (χ1v) is 6.34. The van der Waals surface area contributed by atoms with Crippen LogP contribution in [0, 0.1) is 5.92 Å². The molecule has 0 aromatic heterocycles. The molecule has 0 amide bonds. The minimum absolute atomic E-state index is 0.358. The predicted molar refractivity (Wildman–Crippen MR) is 68.3 cm³/mol. The first kappa shape index (κ1) is 12.8. The monoisotopic (exact) mass is 236 g/mol. The SMILES string of the molecule is CCC(/C=C\SCc1ccccc1)C(=O)O. The molecule has 0 aliphatic rings. The van der Waals surface area contributed by atoms with E-state index in [1.165, 1.54) is 5.56 Å². The van der Waals surface area contributed by atoms with E-state index in [0.717, 1.165) is 5.75 Å². The summed E-state index contributed by atoms with van der Waals surface area (Å²) >= 11 is 1.62. The van der Waals surface area contributed by atoms with E-state index >= 15 is 0 Å². The van der Waals surface area contributed by atoms with Gasteiger partial charge in [-0.05, 0) is 17.4 Å². The van der Waals surface area contributed by atoms with Crippen LogP contribution in [0.15, 0.2) is 41.8 Å². The number of hydrogen-bond acceptors (Lipinski definition) is 2.